The van der Waals surface area contributed by atoms with Crippen LogP contribution in [-0.2, 0) is 6.54 Å². The van der Waals surface area contributed by atoms with Gasteiger partial charge in [-0.15, -0.1) is 0 Å². The second-order valence-electron chi connectivity index (χ2n) is 5.45. The smallest absolute Gasteiger partial charge is 0.179 e. The fraction of sp³-hybridized carbons (Fsp3) is 0.111. The number of aryl methyl sites for hydroxylation is 1. The summed E-state index contributed by atoms with van der Waals surface area (Å²) in [5.41, 5.74) is 1.53. The molecule has 0 bridgehead atoms. The van der Waals surface area contributed by atoms with Crippen LogP contribution < -0.4 is 10.2 Å². The number of thiocarbonyl (C=S) groups is 1. The molecule has 5 nitrogen and oxygen atoms in total. The maximum absolute atomic E-state index is 10.1. The van der Waals surface area contributed by atoms with E-state index in [9.17, 15) is 5.11 Å². The van der Waals surface area contributed by atoms with Crippen molar-refractivity contribution in [3.8, 4) is 5.75 Å². The Hall–Kier alpha value is -2.57. The minimum atomic E-state index is 0.196. The molecule has 2 N–H and O–H groups in total. The van der Waals surface area contributed by atoms with Gasteiger partial charge in [0.25, 0.3) is 0 Å². The zero-order chi connectivity index (χ0) is 17.8. The highest BCUT2D eigenvalue weighted by atomic mass is 35.5. The highest BCUT2D eigenvalue weighted by Crippen LogP contribution is 2.23. The van der Waals surface area contributed by atoms with Gasteiger partial charge in [0, 0.05) is 22.3 Å². The van der Waals surface area contributed by atoms with Gasteiger partial charge >= 0.3 is 0 Å². The number of phenolic OH excluding ortho intramolecular Hbond substituents is 1. The van der Waals surface area contributed by atoms with Crippen molar-refractivity contribution >= 4 is 40.4 Å². The molecule has 25 heavy (non-hydrogen) atoms. The largest absolute Gasteiger partial charge is 0.508 e. The van der Waals surface area contributed by atoms with Crippen LogP contribution in [0.3, 0.4) is 0 Å². The van der Waals surface area contributed by atoms with Gasteiger partial charge in [-0.2, -0.15) is 0 Å². The van der Waals surface area contributed by atoms with E-state index in [1.807, 2.05) is 31.2 Å². The van der Waals surface area contributed by atoms with Gasteiger partial charge in [0.15, 0.2) is 10.9 Å². The number of hydrogen-bond donors (Lipinski definition) is 2. The third-order valence-electron chi connectivity index (χ3n) is 3.55. The molecule has 1 heterocycles. The van der Waals surface area contributed by atoms with Crippen molar-refractivity contribution in [2.24, 2.45) is 0 Å². The lowest BCUT2D eigenvalue weighted by atomic mass is 10.2. The maximum Gasteiger partial charge on any atom is 0.179 e. The first-order chi connectivity index (χ1) is 12.0. The molecule has 7 heteroatoms. The van der Waals surface area contributed by atoms with Crippen LogP contribution in [0.4, 0.5) is 11.5 Å². The van der Waals surface area contributed by atoms with Crippen molar-refractivity contribution in [2.45, 2.75) is 13.5 Å². The molecule has 2 aromatic carbocycles. The van der Waals surface area contributed by atoms with Gasteiger partial charge in [-0.05, 0) is 49.5 Å². The van der Waals surface area contributed by atoms with Crippen molar-refractivity contribution in [1.82, 2.24) is 5.16 Å². The summed E-state index contributed by atoms with van der Waals surface area (Å²) in [4.78, 5) is 1.76. The molecule has 0 amide bonds. The van der Waals surface area contributed by atoms with Gasteiger partial charge in [-0.1, -0.05) is 35.0 Å². The summed E-state index contributed by atoms with van der Waals surface area (Å²) in [5, 5.41) is 18.3. The van der Waals surface area contributed by atoms with Crippen molar-refractivity contribution in [2.75, 3.05) is 10.2 Å². The Balaban J connectivity index is 1.86. The predicted molar refractivity (Wildman–Crippen MR) is 103 cm³/mol. The van der Waals surface area contributed by atoms with Crippen LogP contribution in [-0.4, -0.2) is 15.4 Å². The second-order valence-corrected chi connectivity index (χ2v) is 6.27. The zero-order valence-electron chi connectivity index (χ0n) is 13.4. The maximum atomic E-state index is 10.1. The van der Waals surface area contributed by atoms with Gasteiger partial charge < -0.3 is 14.9 Å². The fourth-order valence-corrected chi connectivity index (χ4v) is 2.68. The highest BCUT2D eigenvalue weighted by molar-refractivity contribution is 7.80. The molecule has 0 aliphatic rings. The average molecular weight is 374 g/mol. The fourth-order valence-electron chi connectivity index (χ4n) is 2.28. The Morgan fingerprint density at radius 2 is 1.96 bits per heavy atom. The van der Waals surface area contributed by atoms with Crippen LogP contribution in [0.5, 0.6) is 5.75 Å². The number of aromatic hydroxyl groups is 1. The van der Waals surface area contributed by atoms with Gasteiger partial charge in [0.05, 0.1) is 6.54 Å². The van der Waals surface area contributed by atoms with E-state index in [1.165, 1.54) is 0 Å². The van der Waals surface area contributed by atoms with Crippen molar-refractivity contribution < 1.29 is 9.63 Å². The Labute approximate surface area is 155 Å². The van der Waals surface area contributed by atoms with Crippen LogP contribution >= 0.6 is 23.8 Å². The first kappa shape index (κ1) is 17.3. The van der Waals surface area contributed by atoms with Crippen LogP contribution in [0.15, 0.2) is 59.1 Å². The number of para-hydroxylation sites is 1. The summed E-state index contributed by atoms with van der Waals surface area (Å²) in [6.45, 7) is 2.16. The van der Waals surface area contributed by atoms with Gasteiger partial charge in [-0.3, -0.25) is 4.90 Å². The Morgan fingerprint density at radius 3 is 2.60 bits per heavy atom. The molecule has 0 radical (unpaired) electrons. The zero-order valence-corrected chi connectivity index (χ0v) is 15.0. The standard InChI is InChI=1S/C18H16ClN3O2S/c1-12-10-17(21-24-12)22(11-13-4-2-3-5-16(13)23)18(25)20-15-8-6-14(19)7-9-15/h2-10,23H,11H2,1H3,(H,20,25). The molecule has 0 aliphatic carbocycles. The molecule has 0 saturated carbocycles. The van der Waals surface area contributed by atoms with Crippen LogP contribution in [0, 0.1) is 6.92 Å². The summed E-state index contributed by atoms with van der Waals surface area (Å²) in [5.74, 6) is 1.43. The monoisotopic (exact) mass is 373 g/mol. The summed E-state index contributed by atoms with van der Waals surface area (Å²) < 4.78 is 5.17. The molecule has 128 valence electrons. The third-order valence-corrected chi connectivity index (χ3v) is 4.13. The number of aromatic nitrogens is 1. The first-order valence-electron chi connectivity index (χ1n) is 7.57. The number of rotatable bonds is 4. The van der Waals surface area contributed by atoms with E-state index in [-0.39, 0.29) is 5.75 Å². The average Bonchev–Trinajstić information content (AvgIpc) is 3.02. The lowest BCUT2D eigenvalue weighted by Gasteiger charge is -2.23. The molecule has 0 fully saturated rings. The Kier molecular flexibility index (Phi) is 5.21. The molecule has 0 aliphatic heterocycles. The van der Waals surface area contributed by atoms with Crippen molar-refractivity contribution in [3.63, 3.8) is 0 Å². The van der Waals surface area contributed by atoms with Crippen LogP contribution in [0.2, 0.25) is 5.02 Å². The van der Waals surface area contributed by atoms with Crippen LogP contribution in [0.25, 0.3) is 0 Å². The quantitative estimate of drug-likeness (QED) is 0.644. The normalized spacial score (nSPS) is 10.5. The molecule has 0 saturated heterocycles. The van der Waals surface area contributed by atoms with E-state index >= 15 is 0 Å². The van der Waals surface area contributed by atoms with Crippen molar-refractivity contribution in [1.29, 1.82) is 0 Å². The summed E-state index contributed by atoms with van der Waals surface area (Å²) >= 11 is 11.5. The molecule has 0 atom stereocenters. The number of nitrogens with one attached hydrogen (secondary N) is 1. The minimum Gasteiger partial charge on any atom is -0.508 e. The van der Waals surface area contributed by atoms with E-state index in [0.29, 0.717) is 28.3 Å². The predicted octanol–water partition coefficient (Wildman–Crippen LogP) is 4.75. The van der Waals surface area contributed by atoms with Gasteiger partial charge in [-0.25, -0.2) is 0 Å². The third kappa shape index (κ3) is 4.29. The van der Waals surface area contributed by atoms with Gasteiger partial charge in [0.2, 0.25) is 0 Å². The molecule has 0 unspecified atom stereocenters. The summed E-state index contributed by atoms with van der Waals surface area (Å²) in [7, 11) is 0. The number of hydrogen-bond acceptors (Lipinski definition) is 4. The number of nitrogens with zero attached hydrogens (tertiary/aromatic N) is 2. The molecule has 3 rings (SSSR count). The molecule has 3 aromatic rings. The molecular weight excluding hydrogens is 358 g/mol. The molecular formula is C18H16ClN3O2S. The molecule has 1 aromatic heterocycles. The SMILES string of the molecule is Cc1cc(N(Cc2ccccc2O)C(=S)Nc2ccc(Cl)cc2)no1. The van der Waals surface area contributed by atoms with E-state index in [1.54, 1.807) is 35.2 Å². The lowest BCUT2D eigenvalue weighted by molar-refractivity contribution is 0.398. The summed E-state index contributed by atoms with van der Waals surface area (Å²) in [6, 6.07) is 16.1. The van der Waals surface area contributed by atoms with Gasteiger partial charge in [0.1, 0.15) is 11.5 Å². The summed E-state index contributed by atoms with van der Waals surface area (Å²) in [6.07, 6.45) is 0. The highest BCUT2D eigenvalue weighted by Gasteiger charge is 2.18. The van der Waals surface area contributed by atoms with E-state index in [0.717, 1.165) is 11.3 Å². The first-order valence-corrected chi connectivity index (χ1v) is 8.36. The van der Waals surface area contributed by atoms with Crippen LogP contribution in [0.1, 0.15) is 11.3 Å². The molecule has 0 spiro atoms. The Morgan fingerprint density at radius 1 is 1.24 bits per heavy atom. The number of benzene rings is 2. The number of anilines is 2. The number of phenols is 1. The lowest BCUT2D eigenvalue weighted by Crippen LogP contribution is -2.34. The Bertz CT molecular complexity index is 880. The minimum absolute atomic E-state index is 0.196. The van der Waals surface area contributed by atoms with Crippen molar-refractivity contribution in [3.05, 3.63) is 70.9 Å². The van der Waals surface area contributed by atoms with E-state index < -0.39 is 0 Å². The topological polar surface area (TPSA) is 61.5 Å². The second kappa shape index (κ2) is 7.55. The van der Waals surface area contributed by atoms with E-state index in [2.05, 4.69) is 10.5 Å². The number of halogens is 1. The van der Waals surface area contributed by atoms with E-state index in [4.69, 9.17) is 28.3 Å².